The van der Waals surface area contributed by atoms with Crippen molar-refractivity contribution in [2.24, 2.45) is 7.05 Å². The average molecular weight is 381 g/mol. The van der Waals surface area contributed by atoms with Crippen LogP contribution >= 0.6 is 34.4 Å². The van der Waals surface area contributed by atoms with E-state index in [0.29, 0.717) is 28.0 Å². The minimum atomic E-state index is -0.0311. The molecule has 6 nitrogen and oxygen atoms in total. The summed E-state index contributed by atoms with van der Waals surface area (Å²) in [6.07, 6.45) is 0. The largest absolute Gasteiger partial charge is 0.290 e. The number of carbonyl (C=O) groups is 1. The van der Waals surface area contributed by atoms with Crippen molar-refractivity contribution in [1.29, 1.82) is 0 Å². The molecule has 3 heterocycles. The summed E-state index contributed by atoms with van der Waals surface area (Å²) in [5, 5.41) is 5.85. The number of thioether (sulfide) groups is 1. The fourth-order valence-electron chi connectivity index (χ4n) is 2.23. The summed E-state index contributed by atoms with van der Waals surface area (Å²) in [5.41, 5.74) is 0.844. The Bertz CT molecular complexity index is 944. The molecule has 3 aromatic rings. The predicted molar refractivity (Wildman–Crippen MR) is 100 cm³/mol. The van der Waals surface area contributed by atoms with Gasteiger partial charge in [-0.25, -0.2) is 9.97 Å². The highest BCUT2D eigenvalue weighted by atomic mass is 32.2. The number of nitrogens with zero attached hydrogens (tertiary/aromatic N) is 4. The molecular formula is C15H16N4O2S3. The van der Waals surface area contributed by atoms with E-state index in [9.17, 15) is 9.59 Å². The van der Waals surface area contributed by atoms with Crippen molar-refractivity contribution in [3.05, 3.63) is 32.9 Å². The van der Waals surface area contributed by atoms with E-state index in [2.05, 4.69) is 9.97 Å². The lowest BCUT2D eigenvalue weighted by molar-refractivity contribution is -0.116. The molecule has 1 amide bonds. The molecule has 9 heteroatoms. The van der Waals surface area contributed by atoms with Crippen LogP contribution in [0.15, 0.2) is 26.8 Å². The summed E-state index contributed by atoms with van der Waals surface area (Å²) in [6, 6.07) is 1.80. The van der Waals surface area contributed by atoms with E-state index in [1.54, 1.807) is 22.6 Å². The molecule has 0 bridgehead atoms. The third-order valence-corrected chi connectivity index (χ3v) is 6.26. The minimum absolute atomic E-state index is 0.0155. The lowest BCUT2D eigenvalue weighted by Gasteiger charge is -2.14. The molecule has 0 radical (unpaired) electrons. The molecule has 24 heavy (non-hydrogen) atoms. The molecule has 0 fully saturated rings. The lowest BCUT2D eigenvalue weighted by Crippen LogP contribution is -2.27. The van der Waals surface area contributed by atoms with Crippen molar-refractivity contribution < 1.29 is 4.79 Å². The molecule has 3 rings (SSSR count). The highest BCUT2D eigenvalue weighted by molar-refractivity contribution is 7.98. The van der Waals surface area contributed by atoms with Gasteiger partial charge in [0.2, 0.25) is 5.91 Å². The number of hydrogen-bond acceptors (Lipinski definition) is 7. The first kappa shape index (κ1) is 17.1. The maximum atomic E-state index is 12.3. The van der Waals surface area contributed by atoms with Crippen LogP contribution in [-0.2, 0) is 17.6 Å². The lowest BCUT2D eigenvalue weighted by atomic mass is 10.4. The number of carbonyl (C=O) groups excluding carboxylic acids is 1. The van der Waals surface area contributed by atoms with Crippen LogP contribution < -0.4 is 10.5 Å². The van der Waals surface area contributed by atoms with Gasteiger partial charge in [0.15, 0.2) is 10.3 Å². The van der Waals surface area contributed by atoms with Crippen LogP contribution in [0, 0.1) is 0 Å². The molecule has 0 aromatic carbocycles. The van der Waals surface area contributed by atoms with E-state index in [-0.39, 0.29) is 11.5 Å². The Kier molecular flexibility index (Phi) is 5.02. The summed E-state index contributed by atoms with van der Waals surface area (Å²) in [6.45, 7) is 4.06. The fourth-order valence-corrected chi connectivity index (χ4v) is 4.93. The van der Waals surface area contributed by atoms with E-state index in [0.717, 1.165) is 10.5 Å². The first-order valence-electron chi connectivity index (χ1n) is 7.30. The first-order chi connectivity index (χ1) is 11.5. The van der Waals surface area contributed by atoms with Gasteiger partial charge >= 0.3 is 0 Å². The van der Waals surface area contributed by atoms with E-state index >= 15 is 0 Å². The van der Waals surface area contributed by atoms with Crippen molar-refractivity contribution in [2.75, 3.05) is 11.4 Å². The van der Waals surface area contributed by atoms with Crippen LogP contribution in [0.3, 0.4) is 0 Å². The van der Waals surface area contributed by atoms with Gasteiger partial charge in [0.05, 0.1) is 11.1 Å². The van der Waals surface area contributed by atoms with Crippen LogP contribution in [0.4, 0.5) is 5.13 Å². The topological polar surface area (TPSA) is 68.1 Å². The number of thiazole rings is 1. The van der Waals surface area contributed by atoms with Gasteiger partial charge in [-0.15, -0.1) is 22.7 Å². The monoisotopic (exact) mass is 380 g/mol. The summed E-state index contributed by atoms with van der Waals surface area (Å²) in [7, 11) is 1.73. The Hall–Kier alpha value is -1.71. The van der Waals surface area contributed by atoms with Crippen LogP contribution in [0.5, 0.6) is 0 Å². The fraction of sp³-hybridized carbons (Fsp3) is 0.333. The van der Waals surface area contributed by atoms with Gasteiger partial charge in [-0.1, -0.05) is 11.8 Å². The summed E-state index contributed by atoms with van der Waals surface area (Å²) < 4.78 is 1.57. The third kappa shape index (κ3) is 3.24. The Balaban J connectivity index is 1.79. The molecule has 3 aromatic heterocycles. The van der Waals surface area contributed by atoms with Crippen LogP contribution in [0.25, 0.3) is 10.2 Å². The zero-order chi connectivity index (χ0) is 17.3. The van der Waals surface area contributed by atoms with Gasteiger partial charge in [-0.05, 0) is 18.4 Å². The molecule has 0 atom stereocenters. The molecule has 0 unspecified atom stereocenters. The number of amides is 1. The van der Waals surface area contributed by atoms with Gasteiger partial charge in [0.1, 0.15) is 4.83 Å². The number of fused-ring (bicyclic) bond motifs is 1. The second-order valence-corrected chi connectivity index (χ2v) is 7.74. The number of rotatable bonds is 5. The molecule has 0 aliphatic heterocycles. The zero-order valence-electron chi connectivity index (χ0n) is 13.5. The SMILES string of the molecule is CCN(C(C)=O)c1nc(CSc2nc3sccc3c(=O)n2C)cs1. The Morgan fingerprint density at radius 1 is 1.38 bits per heavy atom. The Morgan fingerprint density at radius 3 is 2.88 bits per heavy atom. The summed E-state index contributed by atoms with van der Waals surface area (Å²) in [5.74, 6) is 0.585. The van der Waals surface area contributed by atoms with E-state index in [1.165, 1.54) is 41.4 Å². The predicted octanol–water partition coefficient (Wildman–Crippen LogP) is 3.12. The van der Waals surface area contributed by atoms with Gasteiger partial charge < -0.3 is 0 Å². The molecule has 0 aliphatic rings. The van der Waals surface area contributed by atoms with Crippen molar-refractivity contribution in [3.8, 4) is 0 Å². The molecule has 0 saturated heterocycles. The Morgan fingerprint density at radius 2 is 2.17 bits per heavy atom. The number of thiophene rings is 1. The summed E-state index contributed by atoms with van der Waals surface area (Å²) >= 11 is 4.39. The van der Waals surface area contributed by atoms with Gasteiger partial charge in [0.25, 0.3) is 5.56 Å². The van der Waals surface area contributed by atoms with Gasteiger partial charge in [-0.3, -0.25) is 19.1 Å². The van der Waals surface area contributed by atoms with Crippen molar-refractivity contribution in [1.82, 2.24) is 14.5 Å². The quantitative estimate of drug-likeness (QED) is 0.502. The Labute approximate surface area is 151 Å². The highest BCUT2D eigenvalue weighted by Crippen LogP contribution is 2.27. The molecule has 0 saturated carbocycles. The molecule has 0 spiro atoms. The highest BCUT2D eigenvalue weighted by Gasteiger charge is 2.15. The normalized spacial score (nSPS) is 11.1. The maximum absolute atomic E-state index is 12.3. The molecule has 126 valence electrons. The molecule has 0 aliphatic carbocycles. The number of anilines is 1. The van der Waals surface area contributed by atoms with Crippen LogP contribution in [-0.4, -0.2) is 27.0 Å². The van der Waals surface area contributed by atoms with Crippen molar-refractivity contribution >= 4 is 55.7 Å². The summed E-state index contributed by atoms with van der Waals surface area (Å²) in [4.78, 5) is 35.3. The van der Waals surface area contributed by atoms with Crippen LogP contribution in [0.2, 0.25) is 0 Å². The zero-order valence-corrected chi connectivity index (χ0v) is 15.9. The van der Waals surface area contributed by atoms with Crippen molar-refractivity contribution in [3.63, 3.8) is 0 Å². The molecular weight excluding hydrogens is 364 g/mol. The number of aromatic nitrogens is 3. The van der Waals surface area contributed by atoms with E-state index < -0.39 is 0 Å². The van der Waals surface area contributed by atoms with Crippen LogP contribution in [0.1, 0.15) is 19.5 Å². The second-order valence-electron chi connectivity index (χ2n) is 5.07. The van der Waals surface area contributed by atoms with Gasteiger partial charge in [-0.2, -0.15) is 0 Å². The number of hydrogen-bond donors (Lipinski definition) is 0. The van der Waals surface area contributed by atoms with E-state index in [4.69, 9.17) is 0 Å². The third-order valence-electron chi connectivity index (χ3n) is 3.48. The standard InChI is InChI=1S/C15H16N4O2S3/c1-4-19(9(2)20)15-16-10(8-24-15)7-23-14-17-12-11(5-6-22-12)13(21)18(14)3/h5-6,8H,4,7H2,1-3H3. The maximum Gasteiger partial charge on any atom is 0.262 e. The average Bonchev–Trinajstić information content (AvgIpc) is 3.19. The van der Waals surface area contributed by atoms with Gasteiger partial charge in [0, 0.05) is 31.6 Å². The first-order valence-corrected chi connectivity index (χ1v) is 10.0. The smallest absolute Gasteiger partial charge is 0.262 e. The van der Waals surface area contributed by atoms with E-state index in [1.807, 2.05) is 17.7 Å². The van der Waals surface area contributed by atoms with Crippen molar-refractivity contribution in [2.45, 2.75) is 24.8 Å². The minimum Gasteiger partial charge on any atom is -0.290 e. The second kappa shape index (κ2) is 7.04. The molecule has 0 N–H and O–H groups in total.